The largest absolute Gasteiger partial charge is 0.294 e. The zero-order valence-electron chi connectivity index (χ0n) is 4.97. The van der Waals surface area contributed by atoms with E-state index in [-0.39, 0.29) is 0 Å². The Kier molecular flexibility index (Phi) is 6.74. The summed E-state index contributed by atoms with van der Waals surface area (Å²) < 4.78 is 20.5. The average Bonchev–Trinajstić information content (AvgIpc) is 1.80. The first-order chi connectivity index (χ1) is 4.27. The smallest absolute Gasteiger partial charge is 0.231 e. The first-order valence-corrected chi connectivity index (χ1v) is 4.32. The van der Waals surface area contributed by atoms with E-state index in [0.717, 1.165) is 12.8 Å². The molecule has 1 unspecified atom stereocenters. The second-order valence-electron chi connectivity index (χ2n) is 1.54. The summed E-state index contributed by atoms with van der Waals surface area (Å²) in [6.07, 6.45) is 1.72. The predicted molar refractivity (Wildman–Crippen MR) is 38.7 cm³/mol. The number of hydrogen-bond acceptors (Lipinski definition) is 1. The Balaban J connectivity index is 2.83. The lowest BCUT2D eigenvalue weighted by atomic mass is 10.3. The molecule has 2 N–H and O–H groups in total. The van der Waals surface area contributed by atoms with Crippen LogP contribution in [0.3, 0.4) is 0 Å². The number of halogens is 1. The Bertz CT molecular complexity index is 90.6. The van der Waals surface area contributed by atoms with Gasteiger partial charge in [-0.25, -0.2) is 8.93 Å². The fourth-order valence-electron chi connectivity index (χ4n) is 0.379. The van der Waals surface area contributed by atoms with E-state index in [0.29, 0.717) is 12.4 Å². The summed E-state index contributed by atoms with van der Waals surface area (Å²) >= 11 is 3.49. The molecule has 0 radical (unpaired) electrons. The standard InChI is InChI=1S/C4H10ClNO2S/c5-3-1-2-4-6-9(7)8/h6H,1-4H2,(H,7,8). The molecule has 0 amide bonds. The number of hydrogen-bond donors (Lipinski definition) is 2. The van der Waals surface area contributed by atoms with Crippen LogP contribution in [0.5, 0.6) is 0 Å². The van der Waals surface area contributed by atoms with Crippen molar-refractivity contribution in [3.8, 4) is 0 Å². The Morgan fingerprint density at radius 2 is 2.22 bits per heavy atom. The molecule has 0 aromatic rings. The van der Waals surface area contributed by atoms with Crippen LogP contribution in [0.4, 0.5) is 0 Å². The lowest BCUT2D eigenvalue weighted by molar-refractivity contribution is 0.546. The lowest BCUT2D eigenvalue weighted by Crippen LogP contribution is -2.17. The highest BCUT2D eigenvalue weighted by Gasteiger charge is 1.89. The van der Waals surface area contributed by atoms with E-state index in [1.165, 1.54) is 0 Å². The Morgan fingerprint density at radius 1 is 1.56 bits per heavy atom. The molecular weight excluding hydrogens is 162 g/mol. The van der Waals surface area contributed by atoms with Crippen molar-refractivity contribution in [2.24, 2.45) is 0 Å². The van der Waals surface area contributed by atoms with E-state index < -0.39 is 11.3 Å². The van der Waals surface area contributed by atoms with Crippen molar-refractivity contribution in [1.82, 2.24) is 4.72 Å². The molecule has 1 atom stereocenters. The van der Waals surface area contributed by atoms with Crippen LogP contribution in [0.1, 0.15) is 12.8 Å². The summed E-state index contributed by atoms with van der Waals surface area (Å²) in [5, 5.41) is 0. The van der Waals surface area contributed by atoms with Crippen LogP contribution in [0.15, 0.2) is 0 Å². The summed E-state index contributed by atoms with van der Waals surface area (Å²) in [7, 11) is 0. The molecule has 0 bridgehead atoms. The summed E-state index contributed by atoms with van der Waals surface area (Å²) in [4.78, 5) is 0. The van der Waals surface area contributed by atoms with E-state index in [1.807, 2.05) is 0 Å². The maximum atomic E-state index is 9.93. The van der Waals surface area contributed by atoms with Crippen molar-refractivity contribution in [1.29, 1.82) is 0 Å². The van der Waals surface area contributed by atoms with Gasteiger partial charge in [-0.2, -0.15) is 0 Å². The van der Waals surface area contributed by atoms with E-state index in [9.17, 15) is 4.21 Å². The Morgan fingerprint density at radius 3 is 2.67 bits per heavy atom. The maximum absolute atomic E-state index is 9.93. The lowest BCUT2D eigenvalue weighted by Gasteiger charge is -1.95. The van der Waals surface area contributed by atoms with Crippen molar-refractivity contribution in [3.05, 3.63) is 0 Å². The highest BCUT2D eigenvalue weighted by molar-refractivity contribution is 7.77. The SMILES string of the molecule is O=S(O)NCCCCCl. The van der Waals surface area contributed by atoms with Crippen LogP contribution >= 0.6 is 11.6 Å². The van der Waals surface area contributed by atoms with Crippen molar-refractivity contribution in [2.45, 2.75) is 12.8 Å². The van der Waals surface area contributed by atoms with Crippen LogP contribution in [0, 0.1) is 0 Å². The van der Waals surface area contributed by atoms with Crippen molar-refractivity contribution in [3.63, 3.8) is 0 Å². The normalized spacial score (nSPS) is 13.6. The number of unbranched alkanes of at least 4 members (excludes halogenated alkanes) is 1. The third-order valence-corrected chi connectivity index (χ3v) is 1.50. The molecule has 56 valence electrons. The van der Waals surface area contributed by atoms with Gasteiger partial charge in [0.15, 0.2) is 0 Å². The van der Waals surface area contributed by atoms with Gasteiger partial charge in [-0.15, -0.1) is 11.6 Å². The van der Waals surface area contributed by atoms with Gasteiger partial charge in [0, 0.05) is 12.4 Å². The molecule has 0 aromatic carbocycles. The zero-order valence-corrected chi connectivity index (χ0v) is 6.54. The highest BCUT2D eigenvalue weighted by Crippen LogP contribution is 1.88. The first-order valence-electron chi connectivity index (χ1n) is 2.67. The second kappa shape index (κ2) is 6.48. The van der Waals surface area contributed by atoms with Gasteiger partial charge in [0.05, 0.1) is 0 Å². The minimum atomic E-state index is -1.86. The van der Waals surface area contributed by atoms with E-state index in [1.54, 1.807) is 0 Å². The molecule has 0 aliphatic rings. The van der Waals surface area contributed by atoms with Crippen molar-refractivity contribution >= 4 is 22.9 Å². The summed E-state index contributed by atoms with van der Waals surface area (Å²) in [5.74, 6) is 0.611. The monoisotopic (exact) mass is 171 g/mol. The fraction of sp³-hybridized carbons (Fsp3) is 1.00. The van der Waals surface area contributed by atoms with Crippen LogP contribution in [-0.4, -0.2) is 21.2 Å². The number of alkyl halides is 1. The minimum Gasteiger partial charge on any atom is -0.294 e. The van der Waals surface area contributed by atoms with E-state index in [2.05, 4.69) is 4.72 Å². The summed E-state index contributed by atoms with van der Waals surface area (Å²) in [6.45, 7) is 0.551. The molecule has 0 fully saturated rings. The quantitative estimate of drug-likeness (QED) is 0.364. The van der Waals surface area contributed by atoms with Gasteiger partial charge >= 0.3 is 0 Å². The highest BCUT2D eigenvalue weighted by atomic mass is 35.5. The number of rotatable bonds is 5. The van der Waals surface area contributed by atoms with E-state index in [4.69, 9.17) is 16.2 Å². The summed E-state index contributed by atoms with van der Waals surface area (Å²) in [6, 6.07) is 0. The third kappa shape index (κ3) is 8.36. The van der Waals surface area contributed by atoms with Crippen molar-refractivity contribution in [2.75, 3.05) is 12.4 Å². The summed E-state index contributed by atoms with van der Waals surface area (Å²) in [5.41, 5.74) is 0. The Labute approximate surface area is 62.2 Å². The van der Waals surface area contributed by atoms with Gasteiger partial charge in [-0.3, -0.25) is 4.55 Å². The van der Waals surface area contributed by atoms with Crippen LogP contribution in [0.25, 0.3) is 0 Å². The zero-order chi connectivity index (χ0) is 7.11. The predicted octanol–water partition coefficient (Wildman–Crippen LogP) is 0.732. The van der Waals surface area contributed by atoms with Gasteiger partial charge in [0.1, 0.15) is 0 Å². The fourth-order valence-corrected chi connectivity index (χ4v) is 0.887. The van der Waals surface area contributed by atoms with Gasteiger partial charge < -0.3 is 0 Å². The van der Waals surface area contributed by atoms with Crippen LogP contribution < -0.4 is 4.72 Å². The molecule has 0 spiro atoms. The molecule has 0 aromatic heterocycles. The average molecular weight is 172 g/mol. The van der Waals surface area contributed by atoms with Gasteiger partial charge in [0.2, 0.25) is 11.3 Å². The molecule has 9 heavy (non-hydrogen) atoms. The van der Waals surface area contributed by atoms with Crippen LogP contribution in [0.2, 0.25) is 0 Å². The molecule has 0 heterocycles. The second-order valence-corrected chi connectivity index (χ2v) is 2.70. The van der Waals surface area contributed by atoms with Crippen molar-refractivity contribution < 1.29 is 8.76 Å². The minimum absolute atomic E-state index is 0.551. The molecule has 0 rings (SSSR count). The van der Waals surface area contributed by atoms with Gasteiger partial charge in [-0.1, -0.05) is 0 Å². The topological polar surface area (TPSA) is 49.3 Å². The van der Waals surface area contributed by atoms with Crippen LogP contribution in [-0.2, 0) is 11.3 Å². The maximum Gasteiger partial charge on any atom is 0.231 e. The Hall–Kier alpha value is 0.360. The molecular formula is C4H10ClNO2S. The molecule has 3 nitrogen and oxygen atoms in total. The number of nitrogens with one attached hydrogen (secondary N) is 1. The first kappa shape index (κ1) is 9.36. The molecule has 0 aliphatic carbocycles. The van der Waals surface area contributed by atoms with Gasteiger partial charge in [-0.05, 0) is 12.8 Å². The van der Waals surface area contributed by atoms with E-state index >= 15 is 0 Å². The van der Waals surface area contributed by atoms with Gasteiger partial charge in [0.25, 0.3) is 0 Å². The molecule has 0 saturated carbocycles. The molecule has 0 saturated heterocycles. The third-order valence-electron chi connectivity index (χ3n) is 0.786. The molecule has 5 heteroatoms. The molecule has 0 aliphatic heterocycles.